The summed E-state index contributed by atoms with van der Waals surface area (Å²) < 4.78 is 6.42. The van der Waals surface area contributed by atoms with Crippen LogP contribution in [0.4, 0.5) is 16.3 Å². The summed E-state index contributed by atoms with van der Waals surface area (Å²) in [6.07, 6.45) is 2.66. The molecule has 0 aliphatic carbocycles. The van der Waals surface area contributed by atoms with Crippen LogP contribution in [0, 0.1) is 0 Å². The molecule has 3 rings (SSSR count). The minimum Gasteiger partial charge on any atom is -0.415 e. The third-order valence-electron chi connectivity index (χ3n) is 6.39. The van der Waals surface area contributed by atoms with Crippen LogP contribution in [0.3, 0.4) is 0 Å². The molecule has 0 fully saturated rings. The van der Waals surface area contributed by atoms with Gasteiger partial charge in [-0.15, -0.1) is 0 Å². The van der Waals surface area contributed by atoms with Crippen molar-refractivity contribution in [2.45, 2.75) is 71.8 Å². The molecule has 2 heterocycles. The quantitative estimate of drug-likeness (QED) is 0.389. The van der Waals surface area contributed by atoms with E-state index in [2.05, 4.69) is 62.9 Å². The molecule has 1 aliphatic rings. The molecule has 0 saturated heterocycles. The van der Waals surface area contributed by atoms with Gasteiger partial charge in [0.05, 0.1) is 19.2 Å². The molecule has 2 aromatic rings. The molecule has 2 amide bonds. The zero-order chi connectivity index (χ0) is 23.0. The van der Waals surface area contributed by atoms with Crippen molar-refractivity contribution in [3.8, 4) is 0 Å². The summed E-state index contributed by atoms with van der Waals surface area (Å²) in [5.41, 5.74) is 2.95. The molecule has 1 aliphatic heterocycles. The van der Waals surface area contributed by atoms with Crippen LogP contribution in [0.25, 0.3) is 0 Å². The van der Waals surface area contributed by atoms with Gasteiger partial charge in [-0.2, -0.15) is 4.98 Å². The van der Waals surface area contributed by atoms with E-state index in [-0.39, 0.29) is 22.4 Å². The normalized spacial score (nSPS) is 15.8. The van der Waals surface area contributed by atoms with E-state index in [9.17, 15) is 4.79 Å². The molecule has 0 bridgehead atoms. The minimum absolute atomic E-state index is 0.0923. The molecular formula is C23H33ClN4O2Si. The van der Waals surface area contributed by atoms with Crippen molar-refractivity contribution < 1.29 is 9.22 Å². The zero-order valence-corrected chi connectivity index (χ0v) is 21.3. The molecule has 0 N–H and O–H groups in total. The maximum Gasteiger partial charge on any atom is 0.330 e. The minimum atomic E-state index is -1.96. The van der Waals surface area contributed by atoms with Crippen LogP contribution in [-0.4, -0.2) is 37.0 Å². The second-order valence-corrected chi connectivity index (χ2v) is 14.8. The standard InChI is InChI=1S/C23H33ClN4O2Si/c1-8-17-9-11-19(12-10-17)27-14-18-13-25-21(24)26-20(18)28(22(27)29)16(2)15-30-31(6,7)23(3,4)5/h9-13,16H,8,14-15H2,1-7H3. The number of anilines is 2. The average Bonchev–Trinajstić information content (AvgIpc) is 2.71. The fraction of sp³-hybridized carbons (Fsp3) is 0.522. The second kappa shape index (κ2) is 8.88. The maximum absolute atomic E-state index is 13.6. The van der Waals surface area contributed by atoms with Gasteiger partial charge in [0.25, 0.3) is 0 Å². The topological polar surface area (TPSA) is 58.6 Å². The summed E-state index contributed by atoms with van der Waals surface area (Å²) in [4.78, 5) is 25.6. The Balaban J connectivity index is 1.93. The van der Waals surface area contributed by atoms with Gasteiger partial charge in [-0.05, 0) is 60.8 Å². The molecular weight excluding hydrogens is 428 g/mol. The summed E-state index contributed by atoms with van der Waals surface area (Å²) in [5, 5.41) is 0.226. The van der Waals surface area contributed by atoms with Crippen molar-refractivity contribution >= 4 is 37.5 Å². The van der Waals surface area contributed by atoms with Crippen LogP contribution in [-0.2, 0) is 17.4 Å². The van der Waals surface area contributed by atoms with Crippen molar-refractivity contribution in [1.82, 2.24) is 9.97 Å². The first kappa shape index (κ1) is 23.7. The Morgan fingerprint density at radius 2 is 1.87 bits per heavy atom. The van der Waals surface area contributed by atoms with Crippen molar-refractivity contribution in [3.05, 3.63) is 46.9 Å². The average molecular weight is 461 g/mol. The number of hydrogen-bond donors (Lipinski definition) is 0. The molecule has 1 aromatic carbocycles. The highest BCUT2D eigenvalue weighted by Crippen LogP contribution is 2.37. The van der Waals surface area contributed by atoms with Gasteiger partial charge in [-0.1, -0.05) is 39.8 Å². The van der Waals surface area contributed by atoms with Gasteiger partial charge in [0.2, 0.25) is 5.28 Å². The number of fused-ring (bicyclic) bond motifs is 1. The number of carbonyl (C=O) groups excluding carboxylic acids is 1. The van der Waals surface area contributed by atoms with E-state index in [1.807, 2.05) is 19.1 Å². The number of nitrogens with zero attached hydrogens (tertiary/aromatic N) is 4. The van der Waals surface area contributed by atoms with Crippen LogP contribution in [0.5, 0.6) is 0 Å². The van der Waals surface area contributed by atoms with E-state index in [0.717, 1.165) is 17.7 Å². The van der Waals surface area contributed by atoms with Gasteiger partial charge in [-0.25, -0.2) is 9.78 Å². The van der Waals surface area contributed by atoms with Gasteiger partial charge < -0.3 is 4.43 Å². The first-order valence-corrected chi connectivity index (χ1v) is 14.1. The van der Waals surface area contributed by atoms with Crippen LogP contribution in [0.1, 0.15) is 45.7 Å². The van der Waals surface area contributed by atoms with E-state index >= 15 is 0 Å². The third kappa shape index (κ3) is 4.94. The highest BCUT2D eigenvalue weighted by Gasteiger charge is 2.40. The molecule has 8 heteroatoms. The first-order chi connectivity index (χ1) is 14.4. The molecule has 31 heavy (non-hydrogen) atoms. The lowest BCUT2D eigenvalue weighted by molar-refractivity contribution is 0.234. The molecule has 0 radical (unpaired) electrons. The predicted octanol–water partition coefficient (Wildman–Crippen LogP) is 6.05. The van der Waals surface area contributed by atoms with E-state index < -0.39 is 8.32 Å². The van der Waals surface area contributed by atoms with Crippen molar-refractivity contribution in [1.29, 1.82) is 0 Å². The number of carbonyl (C=O) groups is 1. The number of hydrogen-bond acceptors (Lipinski definition) is 4. The number of amides is 2. The summed E-state index contributed by atoms with van der Waals surface area (Å²) in [5.74, 6) is 0.567. The highest BCUT2D eigenvalue weighted by molar-refractivity contribution is 6.74. The van der Waals surface area contributed by atoms with Crippen molar-refractivity contribution in [2.24, 2.45) is 0 Å². The van der Waals surface area contributed by atoms with Crippen molar-refractivity contribution in [3.63, 3.8) is 0 Å². The van der Waals surface area contributed by atoms with Gasteiger partial charge in [-0.3, -0.25) is 9.80 Å². The summed E-state index contributed by atoms with van der Waals surface area (Å²) in [6.45, 7) is 16.0. The van der Waals surface area contributed by atoms with Gasteiger partial charge in [0.15, 0.2) is 8.32 Å². The van der Waals surface area contributed by atoms with E-state index in [4.69, 9.17) is 16.0 Å². The largest absolute Gasteiger partial charge is 0.415 e. The zero-order valence-electron chi connectivity index (χ0n) is 19.6. The Hall–Kier alpha value is -1.96. The van der Waals surface area contributed by atoms with Crippen LogP contribution < -0.4 is 9.80 Å². The third-order valence-corrected chi connectivity index (χ3v) is 11.1. The van der Waals surface area contributed by atoms with E-state index in [1.165, 1.54) is 5.56 Å². The van der Waals surface area contributed by atoms with Crippen LogP contribution in [0.2, 0.25) is 23.4 Å². The Labute approximate surface area is 191 Å². The lowest BCUT2D eigenvalue weighted by Gasteiger charge is -2.41. The number of aromatic nitrogens is 2. The fourth-order valence-corrected chi connectivity index (χ4v) is 4.51. The summed E-state index contributed by atoms with van der Waals surface area (Å²) in [7, 11) is -1.96. The SMILES string of the molecule is CCc1ccc(N2Cc3cnc(Cl)nc3N(C(C)CO[Si](C)(C)C(C)(C)C)C2=O)cc1. The monoisotopic (exact) mass is 460 g/mol. The molecule has 168 valence electrons. The van der Waals surface area contributed by atoms with Crippen LogP contribution in [0.15, 0.2) is 30.5 Å². The Morgan fingerprint density at radius 1 is 1.23 bits per heavy atom. The van der Waals surface area contributed by atoms with Gasteiger partial charge >= 0.3 is 6.03 Å². The first-order valence-electron chi connectivity index (χ1n) is 10.8. The van der Waals surface area contributed by atoms with Gasteiger partial charge in [0.1, 0.15) is 5.82 Å². The highest BCUT2D eigenvalue weighted by atomic mass is 35.5. The molecule has 0 saturated carbocycles. The second-order valence-electron chi connectivity index (χ2n) is 9.67. The van der Waals surface area contributed by atoms with E-state index in [0.29, 0.717) is 19.0 Å². The number of halogens is 1. The van der Waals surface area contributed by atoms with Crippen molar-refractivity contribution in [2.75, 3.05) is 16.4 Å². The fourth-order valence-electron chi connectivity index (χ4n) is 3.29. The Bertz CT molecular complexity index is 944. The summed E-state index contributed by atoms with van der Waals surface area (Å²) in [6, 6.07) is 7.78. The van der Waals surface area contributed by atoms with Crippen LogP contribution >= 0.6 is 11.6 Å². The molecule has 1 unspecified atom stereocenters. The lowest BCUT2D eigenvalue weighted by Crippen LogP contribution is -2.54. The number of urea groups is 1. The Morgan fingerprint density at radius 3 is 2.45 bits per heavy atom. The van der Waals surface area contributed by atoms with E-state index in [1.54, 1.807) is 16.0 Å². The smallest absolute Gasteiger partial charge is 0.330 e. The maximum atomic E-state index is 13.6. The number of benzene rings is 1. The Kier molecular flexibility index (Phi) is 6.79. The number of rotatable bonds is 6. The lowest BCUT2D eigenvalue weighted by atomic mass is 10.1. The summed E-state index contributed by atoms with van der Waals surface area (Å²) >= 11 is 6.09. The number of aryl methyl sites for hydroxylation is 1. The predicted molar refractivity (Wildman–Crippen MR) is 130 cm³/mol. The molecule has 0 spiro atoms. The molecule has 1 atom stereocenters. The van der Waals surface area contributed by atoms with Gasteiger partial charge in [0, 0.05) is 17.4 Å². The molecule has 1 aromatic heterocycles. The molecule has 6 nitrogen and oxygen atoms in total.